The minimum Gasteiger partial charge on any atom is -0.356 e. The molecule has 3 heteroatoms. The van der Waals surface area contributed by atoms with Crippen LogP contribution in [-0.4, -0.2) is 19.2 Å². The summed E-state index contributed by atoms with van der Waals surface area (Å²) < 4.78 is 0. The van der Waals surface area contributed by atoms with Crippen molar-refractivity contribution in [1.29, 1.82) is 5.41 Å². The Hall–Kier alpha value is -0.860. The summed E-state index contributed by atoms with van der Waals surface area (Å²) >= 11 is 0. The zero-order valence-electron chi connectivity index (χ0n) is 7.02. The zero-order chi connectivity index (χ0) is 8.69. The Morgan fingerprint density at radius 2 is 2.18 bits per heavy atom. The van der Waals surface area contributed by atoms with Crippen LogP contribution in [0, 0.1) is 11.3 Å². The van der Waals surface area contributed by atoms with Gasteiger partial charge in [0.05, 0.1) is 0 Å². The van der Waals surface area contributed by atoms with E-state index in [1.54, 1.807) is 6.92 Å². The maximum atomic E-state index is 10.4. The van der Waals surface area contributed by atoms with Gasteiger partial charge >= 0.3 is 0 Å². The molecule has 0 heterocycles. The molecule has 0 aliphatic heterocycles. The molecule has 1 fully saturated rings. The smallest absolute Gasteiger partial charge is 0.216 e. The van der Waals surface area contributed by atoms with Gasteiger partial charge in [-0.1, -0.05) is 6.42 Å². The molecule has 1 aliphatic carbocycles. The number of hydrogen-bond donors (Lipinski definition) is 2. The van der Waals surface area contributed by atoms with Crippen molar-refractivity contribution in [3.8, 4) is 0 Å². The number of hydrogen-bond acceptors (Lipinski definition) is 2. The Morgan fingerprint density at radius 3 is 2.45 bits per heavy atom. The number of rotatable bonds is 2. The molecule has 0 atom stereocenters. The van der Waals surface area contributed by atoms with Crippen molar-refractivity contribution < 1.29 is 4.79 Å². The number of amides is 1. The standard InChI is InChI=1S/C7H13NO.CH3N/c1-6(9)8-5-7-3-2-4-7;1-2/h7H,2-5H2,1H3,(H,8,9);2H,1H2. The van der Waals surface area contributed by atoms with Crippen LogP contribution in [0.15, 0.2) is 0 Å². The molecule has 64 valence electrons. The first-order valence-electron chi connectivity index (χ1n) is 3.89. The first kappa shape index (κ1) is 10.1. The molecule has 3 nitrogen and oxygen atoms in total. The molecule has 0 bridgehead atoms. The van der Waals surface area contributed by atoms with Crippen molar-refractivity contribution in [1.82, 2.24) is 5.32 Å². The minimum atomic E-state index is 0.0990. The summed E-state index contributed by atoms with van der Waals surface area (Å²) in [7, 11) is 0. The van der Waals surface area contributed by atoms with Crippen LogP contribution in [0.5, 0.6) is 0 Å². The molecular weight excluding hydrogens is 140 g/mol. The fraction of sp³-hybridized carbons (Fsp3) is 0.750. The van der Waals surface area contributed by atoms with E-state index in [2.05, 4.69) is 12.0 Å². The third kappa shape index (κ3) is 4.53. The summed E-state index contributed by atoms with van der Waals surface area (Å²) in [5, 5.41) is 8.31. The van der Waals surface area contributed by atoms with Crippen LogP contribution < -0.4 is 5.32 Å². The van der Waals surface area contributed by atoms with E-state index in [9.17, 15) is 4.79 Å². The summed E-state index contributed by atoms with van der Waals surface area (Å²) in [4.78, 5) is 10.4. The molecule has 1 aliphatic rings. The highest BCUT2D eigenvalue weighted by Crippen LogP contribution is 2.24. The number of nitrogens with one attached hydrogen (secondary N) is 2. The Kier molecular flexibility index (Phi) is 5.43. The highest BCUT2D eigenvalue weighted by atomic mass is 16.1. The Labute approximate surface area is 67.7 Å². The number of carbonyl (C=O) groups is 1. The summed E-state index contributed by atoms with van der Waals surface area (Å²) in [6.45, 7) is 4.97. The lowest BCUT2D eigenvalue weighted by molar-refractivity contribution is -0.119. The molecule has 0 radical (unpaired) electrons. The normalized spacial score (nSPS) is 15.7. The van der Waals surface area contributed by atoms with E-state index < -0.39 is 0 Å². The summed E-state index contributed by atoms with van der Waals surface area (Å²) in [6, 6.07) is 0. The van der Waals surface area contributed by atoms with E-state index in [1.807, 2.05) is 0 Å². The topological polar surface area (TPSA) is 53.0 Å². The van der Waals surface area contributed by atoms with Crippen molar-refractivity contribution >= 4 is 12.6 Å². The molecule has 0 aromatic rings. The van der Waals surface area contributed by atoms with Gasteiger partial charge in [0, 0.05) is 13.5 Å². The first-order valence-corrected chi connectivity index (χ1v) is 3.89. The minimum absolute atomic E-state index is 0.0990. The van der Waals surface area contributed by atoms with E-state index in [4.69, 9.17) is 5.41 Å². The van der Waals surface area contributed by atoms with Crippen molar-refractivity contribution in [3.05, 3.63) is 0 Å². The summed E-state index contributed by atoms with van der Waals surface area (Å²) in [6.07, 6.45) is 3.96. The van der Waals surface area contributed by atoms with Gasteiger partial charge in [0.1, 0.15) is 0 Å². The maximum Gasteiger partial charge on any atom is 0.216 e. The molecule has 0 saturated heterocycles. The average molecular weight is 156 g/mol. The molecule has 1 rings (SSSR count). The van der Waals surface area contributed by atoms with E-state index in [0.717, 1.165) is 12.5 Å². The van der Waals surface area contributed by atoms with Gasteiger partial charge in [-0.2, -0.15) is 0 Å². The lowest BCUT2D eigenvalue weighted by Crippen LogP contribution is -2.30. The van der Waals surface area contributed by atoms with Crippen LogP contribution in [0.2, 0.25) is 0 Å². The van der Waals surface area contributed by atoms with Crippen molar-refractivity contribution in [3.63, 3.8) is 0 Å². The van der Waals surface area contributed by atoms with Gasteiger partial charge in [-0.25, -0.2) is 0 Å². The largest absolute Gasteiger partial charge is 0.356 e. The monoisotopic (exact) mass is 156 g/mol. The van der Waals surface area contributed by atoms with Gasteiger partial charge in [-0.05, 0) is 25.5 Å². The van der Waals surface area contributed by atoms with Gasteiger partial charge in [0.15, 0.2) is 0 Å². The summed E-state index contributed by atoms with van der Waals surface area (Å²) in [5.74, 6) is 0.885. The average Bonchev–Trinajstić information content (AvgIpc) is 1.88. The highest BCUT2D eigenvalue weighted by molar-refractivity contribution is 5.72. The molecule has 0 unspecified atom stereocenters. The second-order valence-corrected chi connectivity index (χ2v) is 2.73. The van der Waals surface area contributed by atoms with Crippen LogP contribution in [-0.2, 0) is 4.79 Å². The van der Waals surface area contributed by atoms with Crippen LogP contribution in [0.4, 0.5) is 0 Å². The predicted octanol–water partition coefficient (Wildman–Crippen LogP) is 1.19. The highest BCUT2D eigenvalue weighted by Gasteiger charge is 2.16. The molecule has 1 saturated carbocycles. The Morgan fingerprint density at radius 1 is 1.64 bits per heavy atom. The molecule has 0 spiro atoms. The fourth-order valence-corrected chi connectivity index (χ4v) is 0.985. The zero-order valence-corrected chi connectivity index (χ0v) is 7.02. The second kappa shape index (κ2) is 5.89. The molecule has 0 aromatic carbocycles. The predicted molar refractivity (Wildman–Crippen MR) is 45.9 cm³/mol. The molecular formula is C8H16N2O. The lowest BCUT2D eigenvalue weighted by Gasteiger charge is -2.24. The molecule has 1 amide bonds. The van der Waals surface area contributed by atoms with Crippen LogP contribution in [0.3, 0.4) is 0 Å². The van der Waals surface area contributed by atoms with Crippen molar-refractivity contribution in [2.75, 3.05) is 6.54 Å². The van der Waals surface area contributed by atoms with Gasteiger partial charge in [0.25, 0.3) is 0 Å². The van der Waals surface area contributed by atoms with Gasteiger partial charge in [-0.15, -0.1) is 0 Å². The number of carbonyl (C=O) groups excluding carboxylic acids is 1. The van der Waals surface area contributed by atoms with Gasteiger partial charge in [0.2, 0.25) is 5.91 Å². The fourth-order valence-electron chi connectivity index (χ4n) is 0.985. The van der Waals surface area contributed by atoms with E-state index in [-0.39, 0.29) is 5.91 Å². The molecule has 2 N–H and O–H groups in total. The first-order chi connectivity index (χ1) is 5.29. The van der Waals surface area contributed by atoms with E-state index >= 15 is 0 Å². The Bertz CT molecular complexity index is 121. The molecule has 11 heavy (non-hydrogen) atoms. The van der Waals surface area contributed by atoms with Crippen molar-refractivity contribution in [2.45, 2.75) is 26.2 Å². The summed E-state index contributed by atoms with van der Waals surface area (Å²) in [5.41, 5.74) is 0. The molecule has 0 aromatic heterocycles. The third-order valence-corrected chi connectivity index (χ3v) is 1.86. The van der Waals surface area contributed by atoms with E-state index in [0.29, 0.717) is 0 Å². The van der Waals surface area contributed by atoms with Crippen LogP contribution in [0.25, 0.3) is 0 Å². The van der Waals surface area contributed by atoms with Crippen molar-refractivity contribution in [2.24, 2.45) is 5.92 Å². The maximum absolute atomic E-state index is 10.4. The third-order valence-electron chi connectivity index (χ3n) is 1.86. The second-order valence-electron chi connectivity index (χ2n) is 2.73. The SMILES string of the molecule is C=N.CC(=O)NCC1CCC1. The van der Waals surface area contributed by atoms with Gasteiger partial charge in [-0.3, -0.25) is 4.79 Å². The van der Waals surface area contributed by atoms with Crippen LogP contribution >= 0.6 is 0 Å². The van der Waals surface area contributed by atoms with Crippen LogP contribution in [0.1, 0.15) is 26.2 Å². The quantitative estimate of drug-likeness (QED) is 0.580. The lowest BCUT2D eigenvalue weighted by atomic mass is 9.85. The Balaban J connectivity index is 0.000000461. The van der Waals surface area contributed by atoms with Gasteiger partial charge < -0.3 is 10.7 Å². The van der Waals surface area contributed by atoms with E-state index in [1.165, 1.54) is 19.3 Å².